The number of nitrogens with one attached hydrogen (secondary N) is 1. The Labute approximate surface area is 138 Å². The van der Waals surface area contributed by atoms with E-state index < -0.39 is 0 Å². The van der Waals surface area contributed by atoms with Crippen molar-refractivity contribution in [3.8, 4) is 0 Å². The molecule has 1 amide bonds. The minimum absolute atomic E-state index is 0.0767. The van der Waals surface area contributed by atoms with Gasteiger partial charge in [-0.1, -0.05) is 37.6 Å². The van der Waals surface area contributed by atoms with Crippen molar-refractivity contribution in [1.82, 2.24) is 10.2 Å². The van der Waals surface area contributed by atoms with Crippen molar-refractivity contribution < 1.29 is 4.79 Å². The lowest BCUT2D eigenvalue weighted by Crippen LogP contribution is -2.54. The Hall–Kier alpha value is -1.26. The molecule has 1 aromatic rings. The molecule has 0 aliphatic carbocycles. The number of halogens is 1. The number of anilines is 1. The summed E-state index contributed by atoms with van der Waals surface area (Å²) < 4.78 is 0. The lowest BCUT2D eigenvalue weighted by Gasteiger charge is -2.38. The highest BCUT2D eigenvalue weighted by molar-refractivity contribution is 6.33. The second-order valence-electron chi connectivity index (χ2n) is 6.29. The van der Waals surface area contributed by atoms with E-state index in [1.54, 1.807) is 0 Å². The fourth-order valence-electron chi connectivity index (χ4n) is 2.68. The Bertz CT molecular complexity index is 498. The van der Waals surface area contributed by atoms with Crippen LogP contribution in [0, 0.1) is 5.92 Å². The van der Waals surface area contributed by atoms with E-state index in [1.165, 1.54) is 0 Å². The monoisotopic (exact) mass is 323 g/mol. The van der Waals surface area contributed by atoms with Crippen molar-refractivity contribution in [3.63, 3.8) is 0 Å². The number of rotatable bonds is 5. The van der Waals surface area contributed by atoms with E-state index in [0.29, 0.717) is 5.92 Å². The zero-order valence-corrected chi connectivity index (χ0v) is 14.4. The second-order valence-corrected chi connectivity index (χ2v) is 6.70. The molecule has 1 atom stereocenters. The summed E-state index contributed by atoms with van der Waals surface area (Å²) in [6.45, 7) is 10.5. The van der Waals surface area contributed by atoms with Crippen LogP contribution in [0.5, 0.6) is 0 Å². The summed E-state index contributed by atoms with van der Waals surface area (Å²) in [6.07, 6.45) is 0. The third-order valence-corrected chi connectivity index (χ3v) is 4.44. The Morgan fingerprint density at radius 2 is 1.82 bits per heavy atom. The number of benzene rings is 1. The summed E-state index contributed by atoms with van der Waals surface area (Å²) in [6, 6.07) is 7.85. The number of hydrogen-bond acceptors (Lipinski definition) is 3. The molecule has 1 saturated heterocycles. The van der Waals surface area contributed by atoms with Gasteiger partial charge in [-0.3, -0.25) is 9.69 Å². The molecule has 0 spiro atoms. The molecule has 0 aromatic heterocycles. The van der Waals surface area contributed by atoms with Gasteiger partial charge < -0.3 is 10.2 Å². The number of hydrogen-bond donors (Lipinski definition) is 1. The molecule has 0 unspecified atom stereocenters. The quantitative estimate of drug-likeness (QED) is 0.905. The molecule has 122 valence electrons. The van der Waals surface area contributed by atoms with Crippen LogP contribution in [0.15, 0.2) is 24.3 Å². The maximum atomic E-state index is 12.2. The van der Waals surface area contributed by atoms with Crippen molar-refractivity contribution >= 4 is 23.2 Å². The molecule has 1 heterocycles. The summed E-state index contributed by atoms with van der Waals surface area (Å²) in [5, 5.41) is 3.81. The Morgan fingerprint density at radius 1 is 1.18 bits per heavy atom. The molecule has 0 saturated carbocycles. The molecule has 22 heavy (non-hydrogen) atoms. The molecule has 1 aromatic carbocycles. The predicted octanol–water partition coefficient (Wildman–Crippen LogP) is 2.62. The van der Waals surface area contributed by atoms with Gasteiger partial charge in [-0.05, 0) is 25.0 Å². The number of carbonyl (C=O) groups is 1. The van der Waals surface area contributed by atoms with Crippen LogP contribution in [0.25, 0.3) is 0 Å². The fraction of sp³-hybridized carbons (Fsp3) is 0.588. The molecule has 1 aliphatic heterocycles. The third-order valence-electron chi connectivity index (χ3n) is 4.12. The van der Waals surface area contributed by atoms with Gasteiger partial charge in [0.15, 0.2) is 0 Å². The van der Waals surface area contributed by atoms with E-state index in [4.69, 9.17) is 11.6 Å². The van der Waals surface area contributed by atoms with Crippen LogP contribution >= 0.6 is 11.6 Å². The van der Waals surface area contributed by atoms with Crippen LogP contribution < -0.4 is 10.2 Å². The van der Waals surface area contributed by atoms with Gasteiger partial charge in [0, 0.05) is 32.7 Å². The summed E-state index contributed by atoms with van der Waals surface area (Å²) in [5.41, 5.74) is 1.08. The standard InChI is InChI=1S/C17H26ClN3O/c1-13(2)12-19-17(22)14(3)20-8-10-21(11-9-20)16-7-5-4-6-15(16)18/h4-7,13-14H,8-12H2,1-3H3,(H,19,22)/t14-/m1/s1. The summed E-state index contributed by atoms with van der Waals surface area (Å²) in [4.78, 5) is 16.7. The molecule has 1 fully saturated rings. The number of piperazine rings is 1. The summed E-state index contributed by atoms with van der Waals surface area (Å²) >= 11 is 6.26. The van der Waals surface area contributed by atoms with E-state index in [9.17, 15) is 4.79 Å². The molecule has 0 bridgehead atoms. The first-order chi connectivity index (χ1) is 10.5. The lowest BCUT2D eigenvalue weighted by molar-refractivity contribution is -0.126. The molecular formula is C17H26ClN3O. The van der Waals surface area contributed by atoms with Crippen molar-refractivity contribution in [2.45, 2.75) is 26.8 Å². The molecule has 1 N–H and O–H groups in total. The van der Waals surface area contributed by atoms with Crippen molar-refractivity contribution in [2.24, 2.45) is 5.92 Å². The minimum atomic E-state index is -0.0767. The van der Waals surface area contributed by atoms with Gasteiger partial charge in [-0.25, -0.2) is 0 Å². The van der Waals surface area contributed by atoms with Crippen LogP contribution in [0.3, 0.4) is 0 Å². The fourth-order valence-corrected chi connectivity index (χ4v) is 2.93. The zero-order chi connectivity index (χ0) is 16.1. The largest absolute Gasteiger partial charge is 0.368 e. The van der Waals surface area contributed by atoms with Gasteiger partial charge in [-0.15, -0.1) is 0 Å². The zero-order valence-electron chi connectivity index (χ0n) is 13.7. The van der Waals surface area contributed by atoms with Crippen molar-refractivity contribution in [3.05, 3.63) is 29.3 Å². The van der Waals surface area contributed by atoms with Gasteiger partial charge in [0.05, 0.1) is 16.8 Å². The topological polar surface area (TPSA) is 35.6 Å². The SMILES string of the molecule is CC(C)CNC(=O)[C@@H](C)N1CCN(c2ccccc2Cl)CC1. The Morgan fingerprint density at radius 3 is 2.41 bits per heavy atom. The second kappa shape index (κ2) is 7.84. The Balaban J connectivity index is 1.86. The average Bonchev–Trinajstić information content (AvgIpc) is 2.52. The smallest absolute Gasteiger partial charge is 0.237 e. The molecule has 0 radical (unpaired) electrons. The normalized spacial score (nSPS) is 17.6. The maximum absolute atomic E-state index is 12.2. The third kappa shape index (κ3) is 4.37. The van der Waals surface area contributed by atoms with Crippen LogP contribution in [0.2, 0.25) is 5.02 Å². The van der Waals surface area contributed by atoms with E-state index in [0.717, 1.165) is 43.4 Å². The first kappa shape index (κ1) is 17.1. The molecular weight excluding hydrogens is 298 g/mol. The van der Waals surface area contributed by atoms with Crippen molar-refractivity contribution in [2.75, 3.05) is 37.6 Å². The van der Waals surface area contributed by atoms with Gasteiger partial charge in [0.1, 0.15) is 0 Å². The number of carbonyl (C=O) groups excluding carboxylic acids is 1. The number of para-hydroxylation sites is 1. The molecule has 2 rings (SSSR count). The van der Waals surface area contributed by atoms with Gasteiger partial charge in [-0.2, -0.15) is 0 Å². The van der Waals surface area contributed by atoms with Crippen LogP contribution in [-0.2, 0) is 4.79 Å². The number of nitrogens with zero attached hydrogens (tertiary/aromatic N) is 2. The van der Waals surface area contributed by atoms with Gasteiger partial charge in [0.2, 0.25) is 5.91 Å². The molecule has 5 heteroatoms. The summed E-state index contributed by atoms with van der Waals surface area (Å²) in [7, 11) is 0. The van der Waals surface area contributed by atoms with Crippen LogP contribution in [-0.4, -0.2) is 49.6 Å². The minimum Gasteiger partial charge on any atom is -0.368 e. The lowest BCUT2D eigenvalue weighted by atomic mass is 10.1. The molecule has 4 nitrogen and oxygen atoms in total. The van der Waals surface area contributed by atoms with E-state index >= 15 is 0 Å². The first-order valence-corrected chi connectivity index (χ1v) is 8.38. The maximum Gasteiger partial charge on any atom is 0.237 e. The average molecular weight is 324 g/mol. The number of amides is 1. The predicted molar refractivity (Wildman–Crippen MR) is 92.5 cm³/mol. The molecule has 1 aliphatic rings. The van der Waals surface area contributed by atoms with E-state index in [-0.39, 0.29) is 11.9 Å². The van der Waals surface area contributed by atoms with Gasteiger partial charge >= 0.3 is 0 Å². The van der Waals surface area contributed by atoms with Gasteiger partial charge in [0.25, 0.3) is 0 Å². The van der Waals surface area contributed by atoms with E-state index in [2.05, 4.69) is 35.0 Å². The van der Waals surface area contributed by atoms with E-state index in [1.807, 2.05) is 25.1 Å². The summed E-state index contributed by atoms with van der Waals surface area (Å²) in [5.74, 6) is 0.605. The van der Waals surface area contributed by atoms with Crippen molar-refractivity contribution in [1.29, 1.82) is 0 Å². The van der Waals surface area contributed by atoms with Crippen LogP contribution in [0.4, 0.5) is 5.69 Å². The highest BCUT2D eigenvalue weighted by atomic mass is 35.5. The van der Waals surface area contributed by atoms with Crippen LogP contribution in [0.1, 0.15) is 20.8 Å². The highest BCUT2D eigenvalue weighted by Crippen LogP contribution is 2.26. The first-order valence-electron chi connectivity index (χ1n) is 8.00. The Kier molecular flexibility index (Phi) is 6.09. The highest BCUT2D eigenvalue weighted by Gasteiger charge is 2.26.